The van der Waals surface area contributed by atoms with Crippen LogP contribution in [0.4, 0.5) is 0 Å². The fraction of sp³-hybridized carbons (Fsp3) is 0.183. The molecule has 2 aliphatic carbocycles. The molecule has 0 radical (unpaired) electrons. The molecule has 0 saturated heterocycles. The van der Waals surface area contributed by atoms with Crippen molar-refractivity contribution < 1.29 is 0 Å². The lowest BCUT2D eigenvalue weighted by molar-refractivity contribution is 0.332. The first-order valence-corrected chi connectivity index (χ1v) is 22.7. The van der Waals surface area contributed by atoms with Crippen LogP contribution in [0.5, 0.6) is 0 Å². The van der Waals surface area contributed by atoms with Crippen LogP contribution in [0.3, 0.4) is 0 Å². The van der Waals surface area contributed by atoms with E-state index < -0.39 is 0 Å². The van der Waals surface area contributed by atoms with Gasteiger partial charge >= 0.3 is 0 Å². The highest BCUT2D eigenvalue weighted by Crippen LogP contribution is 2.52. The van der Waals surface area contributed by atoms with Gasteiger partial charge in [0.2, 0.25) is 0 Å². The van der Waals surface area contributed by atoms with Crippen molar-refractivity contribution in [3.63, 3.8) is 0 Å². The lowest BCUT2D eigenvalue weighted by Crippen LogP contribution is -2.33. The van der Waals surface area contributed by atoms with E-state index in [1.54, 1.807) is 0 Å². The van der Waals surface area contributed by atoms with Gasteiger partial charge in [-0.15, -0.1) is 0 Å². The Morgan fingerprint density at radius 2 is 1.00 bits per heavy atom. The van der Waals surface area contributed by atoms with Crippen molar-refractivity contribution in [2.75, 3.05) is 0 Å². The zero-order chi connectivity index (χ0) is 43.5. The Hall–Kier alpha value is -7.17. The first-order chi connectivity index (χ1) is 31.0. The van der Waals surface area contributed by atoms with E-state index in [-0.39, 0.29) is 16.2 Å². The molecule has 8 aromatic carbocycles. The molecule has 0 saturated carbocycles. The third-order valence-electron chi connectivity index (χ3n) is 14.7. The van der Waals surface area contributed by atoms with Gasteiger partial charge in [0.05, 0.1) is 11.0 Å². The second-order valence-electron chi connectivity index (χ2n) is 19.9. The number of benzene rings is 8. The molecule has 0 unspecified atom stereocenters. The summed E-state index contributed by atoms with van der Waals surface area (Å²) in [6.07, 6.45) is 2.36. The summed E-state index contributed by atoms with van der Waals surface area (Å²) in [6.45, 7) is 14.3. The third kappa shape index (κ3) is 5.85. The van der Waals surface area contributed by atoms with Crippen LogP contribution >= 0.6 is 0 Å². The van der Waals surface area contributed by atoms with E-state index in [1.807, 2.05) is 0 Å². The maximum atomic E-state index is 5.43. The van der Waals surface area contributed by atoms with Crippen LogP contribution in [0.15, 0.2) is 170 Å². The summed E-state index contributed by atoms with van der Waals surface area (Å²) in [5, 5.41) is 4.83. The maximum Gasteiger partial charge on any atom is 0.164 e. The van der Waals surface area contributed by atoms with E-state index in [2.05, 4.69) is 216 Å². The fourth-order valence-corrected chi connectivity index (χ4v) is 11.2. The molecule has 0 bridgehead atoms. The molecule has 0 aliphatic heterocycles. The highest BCUT2D eigenvalue weighted by atomic mass is 15.0. The van der Waals surface area contributed by atoms with Crippen molar-refractivity contribution in [3.8, 4) is 62.1 Å². The van der Waals surface area contributed by atoms with E-state index in [1.165, 1.54) is 68.0 Å². The number of hydrogen-bond donors (Lipinski definition) is 0. The quantitative estimate of drug-likeness (QED) is 0.174. The molecular weight excluding hydrogens is 777 g/mol. The van der Waals surface area contributed by atoms with Crippen molar-refractivity contribution in [3.05, 3.63) is 192 Å². The van der Waals surface area contributed by atoms with Gasteiger partial charge in [0.15, 0.2) is 17.5 Å². The average Bonchev–Trinajstić information content (AvgIpc) is 3.78. The van der Waals surface area contributed by atoms with Gasteiger partial charge in [-0.2, -0.15) is 0 Å². The molecule has 0 atom stereocenters. The smallest absolute Gasteiger partial charge is 0.164 e. The first kappa shape index (κ1) is 38.5. The van der Waals surface area contributed by atoms with Crippen molar-refractivity contribution >= 4 is 32.6 Å². The topological polar surface area (TPSA) is 43.6 Å². The van der Waals surface area contributed by atoms with Gasteiger partial charge in [-0.25, -0.2) is 15.0 Å². The fourth-order valence-electron chi connectivity index (χ4n) is 11.2. The lowest BCUT2D eigenvalue weighted by atomic mass is 9.63. The summed E-state index contributed by atoms with van der Waals surface area (Å²) in [7, 11) is 0. The Labute approximate surface area is 375 Å². The summed E-state index contributed by atoms with van der Waals surface area (Å²) < 4.78 is 2.48. The van der Waals surface area contributed by atoms with E-state index in [0.29, 0.717) is 17.5 Å². The van der Waals surface area contributed by atoms with E-state index in [0.717, 1.165) is 44.3 Å². The molecule has 2 aromatic heterocycles. The van der Waals surface area contributed by atoms with Gasteiger partial charge in [0, 0.05) is 38.6 Å². The van der Waals surface area contributed by atoms with Crippen LogP contribution in [0, 0.1) is 0 Å². The Morgan fingerprint density at radius 1 is 0.391 bits per heavy atom. The van der Waals surface area contributed by atoms with Crippen LogP contribution in [0.2, 0.25) is 0 Å². The predicted molar refractivity (Wildman–Crippen MR) is 266 cm³/mol. The van der Waals surface area contributed by atoms with E-state index >= 15 is 0 Å². The van der Waals surface area contributed by atoms with E-state index in [9.17, 15) is 0 Å². The summed E-state index contributed by atoms with van der Waals surface area (Å²) in [5.74, 6) is 1.98. The third-order valence-corrected chi connectivity index (χ3v) is 14.7. The molecule has 12 rings (SSSR count). The predicted octanol–water partition coefficient (Wildman–Crippen LogP) is 15.4. The van der Waals surface area contributed by atoms with Gasteiger partial charge in [0.1, 0.15) is 0 Å². The lowest BCUT2D eigenvalue weighted by Gasteiger charge is -2.42. The monoisotopic (exact) mass is 826 g/mol. The molecule has 0 N–H and O–H groups in total. The van der Waals surface area contributed by atoms with Gasteiger partial charge in [0.25, 0.3) is 0 Å². The van der Waals surface area contributed by atoms with Crippen LogP contribution in [-0.4, -0.2) is 19.5 Å². The minimum absolute atomic E-state index is 0.100. The minimum Gasteiger partial charge on any atom is -0.309 e. The van der Waals surface area contributed by atoms with Crippen molar-refractivity contribution in [2.24, 2.45) is 0 Å². The molecule has 64 heavy (non-hydrogen) atoms. The highest BCUT2D eigenvalue weighted by molar-refractivity contribution is 6.10. The van der Waals surface area contributed by atoms with Crippen LogP contribution in [-0.2, 0) is 16.2 Å². The molecule has 2 heterocycles. The second-order valence-corrected chi connectivity index (χ2v) is 19.9. The van der Waals surface area contributed by atoms with Crippen molar-refractivity contribution in [1.29, 1.82) is 0 Å². The first-order valence-electron chi connectivity index (χ1n) is 22.7. The normalized spacial score (nSPS) is 15.6. The number of nitrogens with zero attached hydrogens (tertiary/aromatic N) is 4. The Kier molecular flexibility index (Phi) is 8.37. The molecule has 0 spiro atoms. The van der Waals surface area contributed by atoms with Gasteiger partial charge in [-0.3, -0.25) is 0 Å². The Morgan fingerprint density at radius 3 is 1.83 bits per heavy atom. The van der Waals surface area contributed by atoms with Crippen molar-refractivity contribution in [2.45, 2.75) is 70.6 Å². The molecule has 0 amide bonds. The van der Waals surface area contributed by atoms with Gasteiger partial charge in [-0.05, 0) is 115 Å². The van der Waals surface area contributed by atoms with Crippen LogP contribution in [0.1, 0.15) is 76.6 Å². The number of aromatic nitrogens is 4. The SMILES string of the molecule is CC1(C)CCC(C)(C)c2cc3c(cc21)c1ccccc1n3-c1ccc2c(-c3nc(-c4cccc(-c5ccccc5)c4)nc(-c4cccc5c4C(C)(C)c4ccccc4-5)n3)cccc2c1. The zero-order valence-electron chi connectivity index (χ0n) is 37.4. The molecule has 0 fully saturated rings. The minimum atomic E-state index is -0.239. The number of hydrogen-bond acceptors (Lipinski definition) is 3. The molecular formula is C60H50N4. The average molecular weight is 827 g/mol. The number of fused-ring (bicyclic) bond motifs is 8. The van der Waals surface area contributed by atoms with Crippen LogP contribution < -0.4 is 0 Å². The van der Waals surface area contributed by atoms with Gasteiger partial charge in [-0.1, -0.05) is 175 Å². The summed E-state index contributed by atoms with van der Waals surface area (Å²) in [5.41, 5.74) is 16.9. The molecule has 2 aliphatic rings. The molecule has 310 valence electrons. The number of rotatable bonds is 5. The molecule has 10 aromatic rings. The van der Waals surface area contributed by atoms with Gasteiger partial charge < -0.3 is 4.57 Å². The Bertz CT molecular complexity index is 3530. The van der Waals surface area contributed by atoms with Crippen LogP contribution in [0.25, 0.3) is 94.7 Å². The van der Waals surface area contributed by atoms with E-state index in [4.69, 9.17) is 15.0 Å². The summed E-state index contributed by atoms with van der Waals surface area (Å²) in [4.78, 5) is 16.1. The standard InChI is InChI=1S/C60H50N4/c1-58(2)31-32-59(3,4)51-36-53-48(35-50(51)58)44-23-11-13-28-52(44)64(53)41-29-30-42-39(34-41)20-15-25-46(42)56-61-55(40-21-14-19-38(33-40)37-17-8-7-9-18-37)62-57(63-56)47-26-16-24-45-43-22-10-12-27-49(43)60(5,6)54(45)47/h7-30,33-36H,31-32H2,1-6H3. The molecule has 4 nitrogen and oxygen atoms in total. The second kappa shape index (κ2) is 13.9. The molecule has 4 heteroatoms. The Balaban J connectivity index is 1.05. The largest absolute Gasteiger partial charge is 0.309 e. The summed E-state index contributed by atoms with van der Waals surface area (Å²) in [6, 6.07) is 61.8. The maximum absolute atomic E-state index is 5.43. The van der Waals surface area contributed by atoms with Crippen molar-refractivity contribution in [1.82, 2.24) is 19.5 Å². The summed E-state index contributed by atoms with van der Waals surface area (Å²) >= 11 is 0. The zero-order valence-corrected chi connectivity index (χ0v) is 37.4. The number of para-hydroxylation sites is 1. The highest BCUT2D eigenvalue weighted by Gasteiger charge is 2.39.